The van der Waals surface area contributed by atoms with E-state index in [9.17, 15) is 13.2 Å². The highest BCUT2D eigenvalue weighted by molar-refractivity contribution is 7.89. The molecule has 1 aliphatic rings. The van der Waals surface area contributed by atoms with E-state index in [4.69, 9.17) is 9.47 Å². The molecule has 0 bridgehead atoms. The van der Waals surface area contributed by atoms with E-state index in [1.165, 1.54) is 19.2 Å². The minimum absolute atomic E-state index is 0.0375. The van der Waals surface area contributed by atoms with Gasteiger partial charge in [-0.2, -0.15) is 0 Å². The van der Waals surface area contributed by atoms with E-state index in [-0.39, 0.29) is 40.3 Å². The summed E-state index contributed by atoms with van der Waals surface area (Å²) in [6.07, 6.45) is 1.69. The molecule has 0 saturated heterocycles. The molecule has 2 aromatic rings. The average molecular weight is 433 g/mol. The van der Waals surface area contributed by atoms with Crippen LogP contribution in [0.15, 0.2) is 47.4 Å². The molecule has 3 rings (SSSR count). The molecule has 7 nitrogen and oxygen atoms in total. The number of ether oxygens (including phenoxy) is 2. The predicted molar refractivity (Wildman–Crippen MR) is 114 cm³/mol. The number of hydrogen-bond donors (Lipinski definition) is 2. The summed E-state index contributed by atoms with van der Waals surface area (Å²) >= 11 is 0. The first kappa shape index (κ1) is 22.1. The summed E-state index contributed by atoms with van der Waals surface area (Å²) in [5, 5.41) is 2.91. The fourth-order valence-electron chi connectivity index (χ4n) is 3.00. The molecule has 162 valence electrons. The molecule has 0 spiro atoms. The van der Waals surface area contributed by atoms with Gasteiger partial charge in [0.15, 0.2) is 0 Å². The first-order chi connectivity index (χ1) is 14.2. The summed E-state index contributed by atoms with van der Waals surface area (Å²) in [6.45, 7) is 5.76. The third kappa shape index (κ3) is 5.52. The lowest BCUT2D eigenvalue weighted by Gasteiger charge is -2.17. The number of sulfonamides is 1. The third-order valence-electron chi connectivity index (χ3n) is 4.69. The maximum atomic E-state index is 12.8. The maximum Gasteiger partial charge on any atom is 0.251 e. The molecule has 8 heteroatoms. The van der Waals surface area contributed by atoms with Crippen LogP contribution in [0.1, 0.15) is 55.6 Å². The highest BCUT2D eigenvalue weighted by atomic mass is 32.2. The van der Waals surface area contributed by atoms with Gasteiger partial charge in [-0.3, -0.25) is 4.79 Å². The normalized spacial score (nSPS) is 15.0. The minimum Gasteiger partial charge on any atom is -0.495 e. The third-order valence-corrected chi connectivity index (χ3v) is 6.23. The van der Waals surface area contributed by atoms with Crippen molar-refractivity contribution in [2.45, 2.75) is 56.7 Å². The lowest BCUT2D eigenvalue weighted by atomic mass is 10.1. The Morgan fingerprint density at radius 3 is 2.47 bits per heavy atom. The number of carbonyl (C=O) groups excluding carboxylic acids is 1. The van der Waals surface area contributed by atoms with Crippen molar-refractivity contribution in [3.05, 3.63) is 53.6 Å². The fraction of sp³-hybridized carbons (Fsp3) is 0.409. The largest absolute Gasteiger partial charge is 0.495 e. The van der Waals surface area contributed by atoms with Crippen LogP contribution in [0.5, 0.6) is 11.5 Å². The summed E-state index contributed by atoms with van der Waals surface area (Å²) in [5.41, 5.74) is 1.13. The number of benzene rings is 2. The van der Waals surface area contributed by atoms with Gasteiger partial charge < -0.3 is 14.8 Å². The number of nitrogens with one attached hydrogen (secondary N) is 2. The zero-order chi connectivity index (χ0) is 21.9. The lowest BCUT2D eigenvalue weighted by molar-refractivity contribution is 0.0939. The molecule has 2 aromatic carbocycles. The van der Waals surface area contributed by atoms with Crippen LogP contribution in [0.4, 0.5) is 0 Å². The Morgan fingerprint density at radius 2 is 1.83 bits per heavy atom. The Kier molecular flexibility index (Phi) is 6.67. The summed E-state index contributed by atoms with van der Waals surface area (Å²) in [7, 11) is -2.36. The quantitative estimate of drug-likeness (QED) is 0.633. The van der Waals surface area contributed by atoms with Gasteiger partial charge >= 0.3 is 0 Å². The SMILES string of the molecule is COc1ccc(C(=O)NC(C)c2cccc(OC(C)C)c2)cc1S(=O)(=O)NC1CC1. The van der Waals surface area contributed by atoms with E-state index in [1.54, 1.807) is 6.07 Å². The van der Waals surface area contributed by atoms with Gasteiger partial charge in [-0.15, -0.1) is 0 Å². The monoisotopic (exact) mass is 432 g/mol. The lowest BCUT2D eigenvalue weighted by Crippen LogP contribution is -2.28. The molecular weight excluding hydrogens is 404 g/mol. The van der Waals surface area contributed by atoms with Crippen LogP contribution in [0.2, 0.25) is 0 Å². The van der Waals surface area contributed by atoms with E-state index in [0.29, 0.717) is 0 Å². The minimum atomic E-state index is -3.77. The van der Waals surface area contributed by atoms with Gasteiger partial charge in [0.1, 0.15) is 16.4 Å². The Hall–Kier alpha value is -2.58. The highest BCUT2D eigenvalue weighted by Gasteiger charge is 2.30. The fourth-order valence-corrected chi connectivity index (χ4v) is 4.50. The van der Waals surface area contributed by atoms with Crippen molar-refractivity contribution in [1.82, 2.24) is 10.0 Å². The van der Waals surface area contributed by atoms with E-state index in [1.807, 2.05) is 45.0 Å². The molecule has 2 N–H and O–H groups in total. The smallest absolute Gasteiger partial charge is 0.251 e. The van der Waals surface area contributed by atoms with Crippen LogP contribution >= 0.6 is 0 Å². The summed E-state index contributed by atoms with van der Waals surface area (Å²) < 4.78 is 38.9. The topological polar surface area (TPSA) is 93.7 Å². The van der Waals surface area contributed by atoms with Crippen LogP contribution in [-0.2, 0) is 10.0 Å². The van der Waals surface area contributed by atoms with E-state index in [0.717, 1.165) is 24.2 Å². The van der Waals surface area contributed by atoms with Crippen LogP contribution in [-0.4, -0.2) is 33.6 Å². The zero-order valence-electron chi connectivity index (χ0n) is 17.6. The molecule has 0 radical (unpaired) electrons. The molecule has 0 aliphatic heterocycles. The van der Waals surface area contributed by atoms with E-state index in [2.05, 4.69) is 10.0 Å². The van der Waals surface area contributed by atoms with Crippen molar-refractivity contribution < 1.29 is 22.7 Å². The molecule has 1 unspecified atom stereocenters. The van der Waals surface area contributed by atoms with Crippen LogP contribution in [0.25, 0.3) is 0 Å². The Morgan fingerprint density at radius 1 is 1.10 bits per heavy atom. The van der Waals surface area contributed by atoms with Gasteiger partial charge in [-0.25, -0.2) is 13.1 Å². The molecular formula is C22H28N2O5S. The highest BCUT2D eigenvalue weighted by Crippen LogP contribution is 2.28. The molecule has 0 heterocycles. The predicted octanol–water partition coefficient (Wildman–Crippen LogP) is 3.41. The standard InChI is InChI=1S/C22H28N2O5S/c1-14(2)29-19-7-5-6-16(12-19)15(3)23-22(25)17-8-11-20(28-4)21(13-17)30(26,27)24-18-9-10-18/h5-8,11-15,18,24H,9-10H2,1-4H3,(H,23,25). The van der Waals surface area contributed by atoms with Crippen molar-refractivity contribution >= 4 is 15.9 Å². The van der Waals surface area contributed by atoms with Crippen molar-refractivity contribution in [3.8, 4) is 11.5 Å². The second-order valence-corrected chi connectivity index (χ2v) is 9.38. The second kappa shape index (κ2) is 9.06. The molecule has 1 aliphatic carbocycles. The van der Waals surface area contributed by atoms with Gasteiger partial charge in [0.25, 0.3) is 5.91 Å². The van der Waals surface area contributed by atoms with Gasteiger partial charge in [0.05, 0.1) is 19.3 Å². The van der Waals surface area contributed by atoms with Gasteiger partial charge in [-0.05, 0) is 69.5 Å². The van der Waals surface area contributed by atoms with Gasteiger partial charge in [0.2, 0.25) is 10.0 Å². The Labute approximate surface area is 177 Å². The van der Waals surface area contributed by atoms with Crippen LogP contribution in [0, 0.1) is 0 Å². The maximum absolute atomic E-state index is 12.8. The summed E-state index contributed by atoms with van der Waals surface area (Å²) in [6, 6.07) is 11.6. The summed E-state index contributed by atoms with van der Waals surface area (Å²) in [4.78, 5) is 12.8. The molecule has 1 fully saturated rings. The van der Waals surface area contributed by atoms with Crippen LogP contribution < -0.4 is 19.5 Å². The number of carbonyl (C=O) groups is 1. The van der Waals surface area contributed by atoms with E-state index < -0.39 is 10.0 Å². The van der Waals surface area contributed by atoms with Crippen LogP contribution in [0.3, 0.4) is 0 Å². The van der Waals surface area contributed by atoms with E-state index >= 15 is 0 Å². The molecule has 1 atom stereocenters. The number of amides is 1. The first-order valence-electron chi connectivity index (χ1n) is 9.97. The van der Waals surface area contributed by atoms with Crippen molar-refractivity contribution in [2.75, 3.05) is 7.11 Å². The average Bonchev–Trinajstić information content (AvgIpc) is 3.50. The van der Waals surface area contributed by atoms with Gasteiger partial charge in [-0.1, -0.05) is 12.1 Å². The van der Waals surface area contributed by atoms with Gasteiger partial charge in [0, 0.05) is 11.6 Å². The van der Waals surface area contributed by atoms with Crippen molar-refractivity contribution in [3.63, 3.8) is 0 Å². The van der Waals surface area contributed by atoms with Crippen molar-refractivity contribution in [2.24, 2.45) is 0 Å². The Balaban J connectivity index is 1.79. The van der Waals surface area contributed by atoms with Crippen molar-refractivity contribution in [1.29, 1.82) is 0 Å². The molecule has 1 saturated carbocycles. The Bertz CT molecular complexity index is 1020. The second-order valence-electron chi connectivity index (χ2n) is 7.70. The summed E-state index contributed by atoms with van der Waals surface area (Å²) in [5.74, 6) is 0.557. The molecule has 30 heavy (non-hydrogen) atoms. The number of rotatable bonds is 9. The number of methoxy groups -OCH3 is 1. The number of hydrogen-bond acceptors (Lipinski definition) is 5. The zero-order valence-corrected chi connectivity index (χ0v) is 18.5. The molecule has 1 amide bonds. The first-order valence-corrected chi connectivity index (χ1v) is 11.5. The molecule has 0 aromatic heterocycles.